The van der Waals surface area contributed by atoms with Gasteiger partial charge in [-0.2, -0.15) is 0 Å². The summed E-state index contributed by atoms with van der Waals surface area (Å²) in [4.78, 5) is 2.33. The highest BCUT2D eigenvalue weighted by Gasteiger charge is 2.53. The van der Waals surface area contributed by atoms with E-state index >= 15 is 0 Å². The summed E-state index contributed by atoms with van der Waals surface area (Å²) in [6.07, 6.45) is 0. The first-order chi connectivity index (χ1) is 30.7. The minimum absolute atomic E-state index is 0.471. The highest BCUT2D eigenvalue weighted by molar-refractivity contribution is 6.00. The van der Waals surface area contributed by atoms with Crippen molar-refractivity contribution in [3.8, 4) is 67.5 Å². The third-order valence-electron chi connectivity index (χ3n) is 13.2. The van der Waals surface area contributed by atoms with Crippen LogP contribution in [-0.4, -0.2) is 0 Å². The normalized spacial score (nSPS) is 13.2. The molecule has 0 fully saturated rings. The molecule has 3 nitrogen and oxygen atoms in total. The Bertz CT molecular complexity index is 3360. The van der Waals surface area contributed by atoms with Gasteiger partial charge in [-0.3, -0.25) is 0 Å². The molecular weight excluding hydrogens is 755 g/mol. The molecule has 1 heterocycles. The van der Waals surface area contributed by atoms with Crippen molar-refractivity contribution < 1.29 is 9.47 Å². The van der Waals surface area contributed by atoms with Gasteiger partial charge in [0.1, 0.15) is 0 Å². The number of ether oxygens (including phenoxy) is 2. The molecule has 10 aromatic carbocycles. The van der Waals surface area contributed by atoms with Crippen LogP contribution in [0, 0.1) is 0 Å². The Morgan fingerprint density at radius 3 is 1.58 bits per heavy atom. The number of nitrogens with zero attached hydrogens (tertiary/aromatic N) is 1. The first-order valence-corrected chi connectivity index (χ1v) is 21.2. The molecule has 0 bridgehead atoms. The van der Waals surface area contributed by atoms with Crippen molar-refractivity contribution in [2.24, 2.45) is 0 Å². The van der Waals surface area contributed by atoms with Crippen LogP contribution >= 0.6 is 0 Å². The van der Waals surface area contributed by atoms with Crippen LogP contribution in [-0.2, 0) is 5.41 Å². The predicted molar refractivity (Wildman–Crippen MR) is 252 cm³/mol. The van der Waals surface area contributed by atoms with Crippen LogP contribution < -0.4 is 14.4 Å². The standard InChI is InChI=1S/C59H37NO2/c1-2-13-38(14-3-1)39-25-27-40(28-26-39)41-29-31-43(32-30-41)60(53-24-12-16-42-15-4-5-17-45(42)53)44-33-35-54-56(37-44)62-58-55(61-54)36-34-52-57(58)48-20-8-11-23-51(48)59(52)49-21-9-6-18-46(49)47-19-7-10-22-50(47)59/h1-37H. The first kappa shape index (κ1) is 34.7. The summed E-state index contributed by atoms with van der Waals surface area (Å²) in [5.41, 5.74) is 17.2. The molecule has 2 aliphatic carbocycles. The zero-order valence-corrected chi connectivity index (χ0v) is 33.6. The van der Waals surface area contributed by atoms with E-state index in [2.05, 4.69) is 223 Å². The molecule has 3 heteroatoms. The summed E-state index contributed by atoms with van der Waals surface area (Å²) >= 11 is 0. The van der Waals surface area contributed by atoms with Gasteiger partial charge in [-0.1, -0.05) is 182 Å². The zero-order valence-electron chi connectivity index (χ0n) is 33.6. The summed E-state index contributed by atoms with van der Waals surface area (Å²) in [6.45, 7) is 0. The quantitative estimate of drug-likeness (QED) is 0.173. The Balaban J connectivity index is 0.930. The summed E-state index contributed by atoms with van der Waals surface area (Å²) in [5, 5.41) is 2.34. The van der Waals surface area contributed by atoms with Gasteiger partial charge in [0.2, 0.25) is 0 Å². The van der Waals surface area contributed by atoms with Crippen molar-refractivity contribution in [3.63, 3.8) is 0 Å². The largest absolute Gasteiger partial charge is 0.449 e. The fourth-order valence-corrected chi connectivity index (χ4v) is 10.5. The molecule has 0 N–H and O–H groups in total. The summed E-state index contributed by atoms with van der Waals surface area (Å²) in [7, 11) is 0. The molecule has 3 aliphatic rings. The van der Waals surface area contributed by atoms with E-state index in [4.69, 9.17) is 9.47 Å². The van der Waals surface area contributed by atoms with Crippen molar-refractivity contribution >= 4 is 27.8 Å². The molecular formula is C59H37NO2. The average molecular weight is 792 g/mol. The lowest BCUT2D eigenvalue weighted by molar-refractivity contribution is 0.360. The average Bonchev–Trinajstić information content (AvgIpc) is 3.82. The van der Waals surface area contributed by atoms with E-state index in [1.807, 2.05) is 6.07 Å². The first-order valence-electron chi connectivity index (χ1n) is 21.2. The van der Waals surface area contributed by atoms with Crippen LogP contribution in [0.15, 0.2) is 224 Å². The van der Waals surface area contributed by atoms with Crippen molar-refractivity contribution in [1.29, 1.82) is 0 Å². The van der Waals surface area contributed by atoms with E-state index in [9.17, 15) is 0 Å². The molecule has 0 atom stereocenters. The SMILES string of the molecule is c1ccc(-c2ccc(-c3ccc(N(c4ccc5c(c4)Oc4c(ccc6c4-c4ccccc4C64c6ccccc6-c6ccccc64)O5)c4cccc5ccccc45)cc3)cc2)cc1. The predicted octanol–water partition coefficient (Wildman–Crippen LogP) is 15.9. The number of anilines is 3. The fourth-order valence-electron chi connectivity index (χ4n) is 10.5. The van der Waals surface area contributed by atoms with Crippen LogP contribution in [0.25, 0.3) is 55.3 Å². The molecule has 1 spiro atoms. The molecule has 0 amide bonds. The highest BCUT2D eigenvalue weighted by Crippen LogP contribution is 2.66. The lowest BCUT2D eigenvalue weighted by Gasteiger charge is -2.31. The van der Waals surface area contributed by atoms with Crippen molar-refractivity contribution in [2.75, 3.05) is 4.90 Å². The summed E-state index contributed by atoms with van der Waals surface area (Å²) in [5.74, 6) is 2.83. The van der Waals surface area contributed by atoms with E-state index in [-0.39, 0.29) is 0 Å². The maximum atomic E-state index is 7.17. The Kier molecular flexibility index (Phi) is 7.52. The van der Waals surface area contributed by atoms with Gasteiger partial charge < -0.3 is 14.4 Å². The lowest BCUT2D eigenvalue weighted by Crippen LogP contribution is -2.25. The van der Waals surface area contributed by atoms with Gasteiger partial charge in [0.15, 0.2) is 23.0 Å². The lowest BCUT2D eigenvalue weighted by atomic mass is 9.70. The second-order valence-corrected chi connectivity index (χ2v) is 16.4. The van der Waals surface area contributed by atoms with Gasteiger partial charge in [-0.05, 0) is 103 Å². The fraction of sp³-hybridized carbons (Fsp3) is 0.0169. The molecule has 62 heavy (non-hydrogen) atoms. The van der Waals surface area contributed by atoms with Crippen LogP contribution in [0.4, 0.5) is 17.1 Å². The van der Waals surface area contributed by atoms with Gasteiger partial charge in [-0.15, -0.1) is 0 Å². The number of rotatable bonds is 5. The molecule has 0 unspecified atom stereocenters. The number of fused-ring (bicyclic) bond motifs is 14. The van der Waals surface area contributed by atoms with Crippen LogP contribution in [0.3, 0.4) is 0 Å². The van der Waals surface area contributed by atoms with Gasteiger partial charge in [-0.25, -0.2) is 0 Å². The number of benzene rings is 10. The molecule has 0 aromatic heterocycles. The number of hydrogen-bond acceptors (Lipinski definition) is 3. The highest BCUT2D eigenvalue weighted by atomic mass is 16.6. The Morgan fingerprint density at radius 1 is 0.339 bits per heavy atom. The van der Waals surface area contributed by atoms with E-state index in [0.29, 0.717) is 17.2 Å². The van der Waals surface area contributed by atoms with Gasteiger partial charge in [0.05, 0.1) is 16.8 Å². The second kappa shape index (κ2) is 13.4. The molecule has 0 saturated heterocycles. The summed E-state index contributed by atoms with van der Waals surface area (Å²) in [6, 6.07) is 80.6. The smallest absolute Gasteiger partial charge is 0.178 e. The van der Waals surface area contributed by atoms with Crippen LogP contribution in [0.5, 0.6) is 23.0 Å². The van der Waals surface area contributed by atoms with Gasteiger partial charge >= 0.3 is 0 Å². The van der Waals surface area contributed by atoms with Gasteiger partial charge in [0, 0.05) is 22.7 Å². The second-order valence-electron chi connectivity index (χ2n) is 16.4. The zero-order chi connectivity index (χ0) is 40.8. The Hall–Kier alpha value is -8.14. The maximum Gasteiger partial charge on any atom is 0.178 e. The molecule has 290 valence electrons. The molecule has 10 aromatic rings. The summed E-state index contributed by atoms with van der Waals surface area (Å²) < 4.78 is 14.0. The van der Waals surface area contributed by atoms with Crippen LogP contribution in [0.1, 0.15) is 22.3 Å². The molecule has 1 aliphatic heterocycles. The molecule has 0 radical (unpaired) electrons. The maximum absolute atomic E-state index is 7.17. The third-order valence-corrected chi connectivity index (χ3v) is 13.2. The van der Waals surface area contributed by atoms with Crippen LogP contribution in [0.2, 0.25) is 0 Å². The van der Waals surface area contributed by atoms with Gasteiger partial charge in [0.25, 0.3) is 0 Å². The Morgan fingerprint density at radius 2 is 0.871 bits per heavy atom. The van der Waals surface area contributed by atoms with E-state index < -0.39 is 5.41 Å². The minimum atomic E-state index is -0.471. The molecule has 13 rings (SSSR count). The van der Waals surface area contributed by atoms with E-state index in [0.717, 1.165) is 39.3 Å². The topological polar surface area (TPSA) is 21.7 Å². The Labute approximate surface area is 360 Å². The van der Waals surface area contributed by atoms with Crippen molar-refractivity contribution in [2.45, 2.75) is 5.41 Å². The van der Waals surface area contributed by atoms with Crippen molar-refractivity contribution in [3.05, 3.63) is 247 Å². The van der Waals surface area contributed by atoms with Crippen molar-refractivity contribution in [1.82, 2.24) is 0 Å². The van der Waals surface area contributed by atoms with E-state index in [1.54, 1.807) is 0 Å². The molecule has 0 saturated carbocycles. The third kappa shape index (κ3) is 5.00. The minimum Gasteiger partial charge on any atom is -0.449 e. The number of hydrogen-bond donors (Lipinski definition) is 0. The van der Waals surface area contributed by atoms with E-state index in [1.165, 1.54) is 61.0 Å². The monoisotopic (exact) mass is 791 g/mol.